The largest absolute Gasteiger partial charge is 0.444 e. The van der Waals surface area contributed by atoms with Crippen LogP contribution in [0.25, 0.3) is 0 Å². The molecule has 1 aromatic heterocycles. The molecule has 1 unspecified atom stereocenters. The van der Waals surface area contributed by atoms with Gasteiger partial charge >= 0.3 is 11.8 Å². The highest BCUT2D eigenvalue weighted by Crippen LogP contribution is 2.19. The van der Waals surface area contributed by atoms with Crippen LogP contribution in [0, 0.1) is 6.92 Å². The summed E-state index contributed by atoms with van der Waals surface area (Å²) in [6.45, 7) is 11.0. The molecule has 9 nitrogen and oxygen atoms in total. The highest BCUT2D eigenvalue weighted by molar-refractivity contribution is 5.68. The average molecular weight is 534 g/mol. The first-order valence-corrected chi connectivity index (χ1v) is 13.4. The van der Waals surface area contributed by atoms with Crippen LogP contribution in [0.1, 0.15) is 43.6 Å². The van der Waals surface area contributed by atoms with E-state index in [2.05, 4.69) is 27.2 Å². The predicted molar refractivity (Wildman–Crippen MR) is 153 cm³/mol. The Balaban J connectivity index is 1.60. The molecule has 208 valence electrons. The van der Waals surface area contributed by atoms with Gasteiger partial charge in [0, 0.05) is 45.5 Å². The SMILES string of the molecule is Cc1c(N2CCN(Cc3ccccc3)CC2)c(=O)n(CC(NC(=O)OC(C)(C)C)c2ccccc2)c(=O)n1C. The Bertz CT molecular complexity index is 1390. The van der Waals surface area contributed by atoms with Crippen molar-refractivity contribution < 1.29 is 9.53 Å². The molecule has 2 aromatic carbocycles. The first kappa shape index (κ1) is 28.2. The Morgan fingerprint density at radius 2 is 1.54 bits per heavy atom. The third-order valence-corrected chi connectivity index (χ3v) is 7.01. The van der Waals surface area contributed by atoms with Gasteiger partial charge in [0.1, 0.15) is 11.3 Å². The van der Waals surface area contributed by atoms with Crippen LogP contribution in [0.4, 0.5) is 10.5 Å². The van der Waals surface area contributed by atoms with Crippen LogP contribution >= 0.6 is 0 Å². The van der Waals surface area contributed by atoms with E-state index in [9.17, 15) is 14.4 Å². The minimum atomic E-state index is -0.683. The zero-order valence-electron chi connectivity index (χ0n) is 23.5. The number of amides is 1. The van der Waals surface area contributed by atoms with E-state index in [1.807, 2.05) is 55.5 Å². The number of alkyl carbamates (subject to hydrolysis) is 1. The highest BCUT2D eigenvalue weighted by Gasteiger charge is 2.27. The van der Waals surface area contributed by atoms with Crippen LogP contribution in [0.5, 0.6) is 0 Å². The number of nitrogens with zero attached hydrogens (tertiary/aromatic N) is 4. The Kier molecular flexibility index (Phi) is 8.60. The maximum atomic E-state index is 13.9. The van der Waals surface area contributed by atoms with Gasteiger partial charge in [0.15, 0.2) is 0 Å². The molecule has 0 spiro atoms. The number of nitrogens with one attached hydrogen (secondary N) is 1. The number of carbonyl (C=O) groups is 1. The molecule has 0 saturated carbocycles. The van der Waals surface area contributed by atoms with Gasteiger partial charge in [-0.3, -0.25) is 18.8 Å². The molecule has 39 heavy (non-hydrogen) atoms. The summed E-state index contributed by atoms with van der Waals surface area (Å²) in [7, 11) is 1.68. The quantitative estimate of drug-likeness (QED) is 0.501. The maximum Gasteiger partial charge on any atom is 0.408 e. The van der Waals surface area contributed by atoms with Gasteiger partial charge in [-0.25, -0.2) is 9.59 Å². The van der Waals surface area contributed by atoms with E-state index in [0.717, 1.165) is 25.2 Å². The normalized spacial score (nSPS) is 15.2. The average Bonchev–Trinajstić information content (AvgIpc) is 2.90. The molecule has 1 amide bonds. The smallest absolute Gasteiger partial charge is 0.408 e. The van der Waals surface area contributed by atoms with Crippen LogP contribution in [0.3, 0.4) is 0 Å². The molecule has 3 aromatic rings. The number of piperazine rings is 1. The molecule has 0 radical (unpaired) electrons. The van der Waals surface area contributed by atoms with Crippen LogP contribution < -0.4 is 21.5 Å². The van der Waals surface area contributed by atoms with Crippen molar-refractivity contribution >= 4 is 11.8 Å². The number of ether oxygens (including phenoxy) is 1. The first-order chi connectivity index (χ1) is 18.5. The van der Waals surface area contributed by atoms with Gasteiger partial charge in [0.2, 0.25) is 0 Å². The minimum Gasteiger partial charge on any atom is -0.444 e. The zero-order valence-corrected chi connectivity index (χ0v) is 23.5. The number of rotatable bonds is 7. The number of hydrogen-bond acceptors (Lipinski definition) is 6. The van der Waals surface area contributed by atoms with Crippen molar-refractivity contribution in [2.75, 3.05) is 31.1 Å². The topological polar surface area (TPSA) is 88.8 Å². The summed E-state index contributed by atoms with van der Waals surface area (Å²) in [5, 5.41) is 2.87. The number of hydrogen-bond donors (Lipinski definition) is 1. The fourth-order valence-corrected chi connectivity index (χ4v) is 4.90. The molecule has 1 aliphatic rings. The summed E-state index contributed by atoms with van der Waals surface area (Å²) in [4.78, 5) is 44.3. The van der Waals surface area contributed by atoms with Crippen molar-refractivity contribution in [2.45, 2.75) is 52.4 Å². The van der Waals surface area contributed by atoms with E-state index < -0.39 is 23.4 Å². The number of anilines is 1. The first-order valence-electron chi connectivity index (χ1n) is 13.4. The minimum absolute atomic E-state index is 0.0178. The van der Waals surface area contributed by atoms with Gasteiger partial charge in [-0.1, -0.05) is 60.7 Å². The van der Waals surface area contributed by atoms with Crippen LogP contribution in [-0.2, 0) is 24.9 Å². The highest BCUT2D eigenvalue weighted by atomic mass is 16.6. The van der Waals surface area contributed by atoms with Gasteiger partial charge in [-0.15, -0.1) is 0 Å². The van der Waals surface area contributed by atoms with E-state index in [1.54, 1.807) is 27.8 Å². The molecule has 9 heteroatoms. The fraction of sp³-hybridized carbons (Fsp3) is 0.433. The summed E-state index contributed by atoms with van der Waals surface area (Å²) in [6.07, 6.45) is -0.608. The molecule has 1 aliphatic heterocycles. The van der Waals surface area contributed by atoms with Crippen LogP contribution in [0.2, 0.25) is 0 Å². The molecule has 1 fully saturated rings. The predicted octanol–water partition coefficient (Wildman–Crippen LogP) is 3.44. The van der Waals surface area contributed by atoms with Gasteiger partial charge in [-0.05, 0) is 38.8 Å². The summed E-state index contributed by atoms with van der Waals surface area (Å²) < 4.78 is 8.21. The molecule has 0 aliphatic carbocycles. The summed E-state index contributed by atoms with van der Waals surface area (Å²) >= 11 is 0. The number of benzene rings is 2. The molecule has 0 bridgehead atoms. The second kappa shape index (κ2) is 11.9. The van der Waals surface area contributed by atoms with Crippen molar-refractivity contribution in [1.82, 2.24) is 19.4 Å². The standard InChI is InChI=1S/C30H39N5O4/c1-22-26(34-18-16-33(17-19-34)20-23-12-8-6-9-13-23)27(36)35(29(38)32(22)5)21-25(24-14-10-7-11-15-24)31-28(37)39-30(2,3)4/h6-15,25H,16-21H2,1-5H3,(H,31,37). The van der Waals surface area contributed by atoms with E-state index in [-0.39, 0.29) is 12.1 Å². The molecule has 2 heterocycles. The molecule has 1 N–H and O–H groups in total. The lowest BCUT2D eigenvalue weighted by atomic mass is 10.1. The van der Waals surface area contributed by atoms with Gasteiger partial charge in [0.25, 0.3) is 5.56 Å². The van der Waals surface area contributed by atoms with Gasteiger partial charge in [0.05, 0.1) is 12.6 Å². The van der Waals surface area contributed by atoms with E-state index in [0.29, 0.717) is 24.5 Å². The second-order valence-corrected chi connectivity index (χ2v) is 11.0. The lowest BCUT2D eigenvalue weighted by Crippen LogP contribution is -2.51. The fourth-order valence-electron chi connectivity index (χ4n) is 4.90. The number of carbonyl (C=O) groups excluding carboxylic acids is 1. The maximum absolute atomic E-state index is 13.9. The Labute approximate surface area is 229 Å². The van der Waals surface area contributed by atoms with Crippen molar-refractivity contribution in [3.8, 4) is 0 Å². The lowest BCUT2D eigenvalue weighted by molar-refractivity contribution is 0.0497. The van der Waals surface area contributed by atoms with Crippen LogP contribution in [-0.4, -0.2) is 51.9 Å². The van der Waals surface area contributed by atoms with Crippen molar-refractivity contribution in [2.24, 2.45) is 7.05 Å². The van der Waals surface area contributed by atoms with Crippen molar-refractivity contribution in [3.05, 3.63) is 98.3 Å². The number of aromatic nitrogens is 2. The van der Waals surface area contributed by atoms with E-state index >= 15 is 0 Å². The second-order valence-electron chi connectivity index (χ2n) is 11.0. The third-order valence-electron chi connectivity index (χ3n) is 7.01. The Morgan fingerprint density at radius 1 is 0.949 bits per heavy atom. The molecule has 1 atom stereocenters. The van der Waals surface area contributed by atoms with Crippen molar-refractivity contribution in [3.63, 3.8) is 0 Å². The van der Waals surface area contributed by atoms with E-state index in [4.69, 9.17) is 4.74 Å². The summed E-state index contributed by atoms with van der Waals surface area (Å²) in [5.41, 5.74) is 1.74. The molecular formula is C30H39N5O4. The van der Waals surface area contributed by atoms with Crippen LogP contribution in [0.15, 0.2) is 70.3 Å². The molecule has 4 rings (SSSR count). The Hall–Kier alpha value is -3.85. The van der Waals surface area contributed by atoms with Crippen molar-refractivity contribution in [1.29, 1.82) is 0 Å². The van der Waals surface area contributed by atoms with Gasteiger partial charge < -0.3 is 15.0 Å². The molecular weight excluding hydrogens is 494 g/mol. The monoisotopic (exact) mass is 533 g/mol. The zero-order chi connectivity index (χ0) is 28.2. The lowest BCUT2D eigenvalue weighted by Gasteiger charge is -2.36. The molecule has 1 saturated heterocycles. The summed E-state index contributed by atoms with van der Waals surface area (Å²) in [6, 6.07) is 19.0. The Morgan fingerprint density at radius 3 is 2.13 bits per heavy atom. The van der Waals surface area contributed by atoms with E-state index in [1.165, 1.54) is 14.7 Å². The third kappa shape index (κ3) is 6.97. The van der Waals surface area contributed by atoms with Gasteiger partial charge in [-0.2, -0.15) is 0 Å². The summed E-state index contributed by atoms with van der Waals surface area (Å²) in [5.74, 6) is 0.